The van der Waals surface area contributed by atoms with Crippen molar-refractivity contribution >= 4 is 17.5 Å². The third-order valence-electron chi connectivity index (χ3n) is 2.78. The summed E-state index contributed by atoms with van der Waals surface area (Å²) in [6, 6.07) is 10.9. The molecule has 0 aliphatic heterocycles. The topological polar surface area (TPSA) is 71.3 Å². The number of hydrogen-bond acceptors (Lipinski definition) is 3. The van der Waals surface area contributed by atoms with E-state index in [0.29, 0.717) is 5.76 Å². The summed E-state index contributed by atoms with van der Waals surface area (Å²) in [6.45, 7) is 2.18. The molecule has 1 aromatic heterocycles. The minimum atomic E-state index is -0.340. The van der Waals surface area contributed by atoms with Gasteiger partial charge >= 0.3 is 0 Å². The summed E-state index contributed by atoms with van der Waals surface area (Å²) in [6.07, 6.45) is 1.32. The Hall–Kier alpha value is -2.56. The van der Waals surface area contributed by atoms with Crippen molar-refractivity contribution in [3.05, 3.63) is 54.0 Å². The van der Waals surface area contributed by atoms with Gasteiger partial charge in [-0.05, 0) is 30.7 Å². The molecule has 0 aliphatic carbocycles. The molecule has 0 aliphatic rings. The molecule has 2 rings (SSSR count). The van der Waals surface area contributed by atoms with Crippen LogP contribution in [0.3, 0.4) is 0 Å². The highest BCUT2D eigenvalue weighted by Gasteiger charge is 2.10. The highest BCUT2D eigenvalue weighted by molar-refractivity contribution is 6.03. The lowest BCUT2D eigenvalue weighted by atomic mass is 10.2. The fraction of sp³-hybridized carbons (Fsp3) is 0.200. The molecule has 0 unspecified atom stereocenters. The van der Waals surface area contributed by atoms with Gasteiger partial charge in [0.2, 0.25) is 11.8 Å². The monoisotopic (exact) mass is 272 g/mol. The molecule has 0 radical (unpaired) electrons. The minimum Gasteiger partial charge on any atom is -0.467 e. The van der Waals surface area contributed by atoms with Gasteiger partial charge in [0.1, 0.15) is 12.2 Å². The van der Waals surface area contributed by atoms with Crippen LogP contribution in [0.15, 0.2) is 47.1 Å². The van der Waals surface area contributed by atoms with Crippen molar-refractivity contribution in [2.75, 3.05) is 5.32 Å². The first-order valence-electron chi connectivity index (χ1n) is 6.29. The van der Waals surface area contributed by atoms with E-state index in [4.69, 9.17) is 4.42 Å². The van der Waals surface area contributed by atoms with Crippen LogP contribution < -0.4 is 10.6 Å². The summed E-state index contributed by atoms with van der Waals surface area (Å²) in [5, 5.41) is 5.33. The lowest BCUT2D eigenvalue weighted by Gasteiger charge is -2.08. The number of para-hydroxylation sites is 1. The Labute approximate surface area is 117 Å². The van der Waals surface area contributed by atoms with E-state index in [1.807, 2.05) is 25.1 Å². The number of anilines is 1. The van der Waals surface area contributed by atoms with Crippen LogP contribution in [0.25, 0.3) is 0 Å². The van der Waals surface area contributed by atoms with Crippen LogP contribution in [0.5, 0.6) is 0 Å². The summed E-state index contributed by atoms with van der Waals surface area (Å²) < 4.78 is 5.08. The highest BCUT2D eigenvalue weighted by Crippen LogP contribution is 2.13. The van der Waals surface area contributed by atoms with Crippen molar-refractivity contribution in [3.63, 3.8) is 0 Å². The van der Waals surface area contributed by atoms with Gasteiger partial charge in [-0.2, -0.15) is 0 Å². The maximum atomic E-state index is 11.7. The first kappa shape index (κ1) is 13.9. The van der Waals surface area contributed by atoms with E-state index in [1.54, 1.807) is 18.2 Å². The third kappa shape index (κ3) is 3.98. The molecule has 0 fully saturated rings. The van der Waals surface area contributed by atoms with E-state index in [1.165, 1.54) is 6.26 Å². The molecule has 1 aromatic carbocycles. The molecule has 2 amide bonds. The SMILES string of the molecule is Cc1ccccc1NC(=O)CC(=O)NCc1ccco1. The maximum absolute atomic E-state index is 11.7. The van der Waals surface area contributed by atoms with Gasteiger partial charge in [-0.15, -0.1) is 0 Å². The normalized spacial score (nSPS) is 10.1. The van der Waals surface area contributed by atoms with Crippen molar-refractivity contribution in [2.45, 2.75) is 19.9 Å². The number of carbonyl (C=O) groups is 2. The quantitative estimate of drug-likeness (QED) is 0.820. The fourth-order valence-corrected chi connectivity index (χ4v) is 1.71. The average Bonchev–Trinajstić information content (AvgIpc) is 2.92. The van der Waals surface area contributed by atoms with E-state index in [0.717, 1.165) is 11.3 Å². The van der Waals surface area contributed by atoms with E-state index in [-0.39, 0.29) is 24.8 Å². The van der Waals surface area contributed by atoms with Gasteiger partial charge in [0.15, 0.2) is 0 Å². The number of hydrogen-bond donors (Lipinski definition) is 2. The van der Waals surface area contributed by atoms with Crippen LogP contribution >= 0.6 is 0 Å². The molecule has 5 nitrogen and oxygen atoms in total. The van der Waals surface area contributed by atoms with Crippen LogP contribution in [0, 0.1) is 6.92 Å². The Bertz CT molecular complexity index is 591. The zero-order valence-electron chi connectivity index (χ0n) is 11.2. The summed E-state index contributed by atoms with van der Waals surface area (Å²) in [5.74, 6) is -0.0265. The molecule has 5 heteroatoms. The maximum Gasteiger partial charge on any atom is 0.233 e. The van der Waals surface area contributed by atoms with Crippen LogP contribution in [0.4, 0.5) is 5.69 Å². The van der Waals surface area contributed by atoms with Gasteiger partial charge < -0.3 is 15.1 Å². The van der Waals surface area contributed by atoms with Crippen LogP contribution in [0.2, 0.25) is 0 Å². The van der Waals surface area contributed by atoms with Crippen LogP contribution in [-0.2, 0) is 16.1 Å². The summed E-state index contributed by atoms with van der Waals surface area (Å²) in [5.41, 5.74) is 1.67. The standard InChI is InChI=1S/C15H16N2O3/c1-11-5-2-3-7-13(11)17-15(19)9-14(18)16-10-12-6-4-8-20-12/h2-8H,9-10H2,1H3,(H,16,18)(H,17,19). The number of rotatable bonds is 5. The Kier molecular flexibility index (Phi) is 4.55. The second-order valence-corrected chi connectivity index (χ2v) is 4.40. The predicted molar refractivity (Wildman–Crippen MR) is 75.0 cm³/mol. The zero-order valence-corrected chi connectivity index (χ0v) is 11.2. The molecule has 0 bridgehead atoms. The Balaban J connectivity index is 1.79. The number of carbonyl (C=O) groups excluding carboxylic acids is 2. The highest BCUT2D eigenvalue weighted by atomic mass is 16.3. The summed E-state index contributed by atoms with van der Waals surface area (Å²) >= 11 is 0. The lowest BCUT2D eigenvalue weighted by molar-refractivity contribution is -0.127. The van der Waals surface area contributed by atoms with Gasteiger partial charge in [0.25, 0.3) is 0 Å². The smallest absolute Gasteiger partial charge is 0.233 e. The van der Waals surface area contributed by atoms with Gasteiger partial charge in [-0.25, -0.2) is 0 Å². The van der Waals surface area contributed by atoms with E-state index in [2.05, 4.69) is 10.6 Å². The first-order valence-corrected chi connectivity index (χ1v) is 6.29. The van der Waals surface area contributed by atoms with Crippen LogP contribution in [0.1, 0.15) is 17.7 Å². The molecule has 0 saturated heterocycles. The third-order valence-corrected chi connectivity index (χ3v) is 2.78. The van der Waals surface area contributed by atoms with Crippen LogP contribution in [-0.4, -0.2) is 11.8 Å². The summed E-state index contributed by atoms with van der Waals surface area (Å²) in [4.78, 5) is 23.4. The molecule has 104 valence electrons. The van der Waals surface area contributed by atoms with Crippen molar-refractivity contribution in [1.82, 2.24) is 5.32 Å². The molecule has 20 heavy (non-hydrogen) atoms. The Morgan fingerprint density at radius 1 is 1.10 bits per heavy atom. The van der Waals surface area contributed by atoms with Crippen molar-refractivity contribution in [2.24, 2.45) is 0 Å². The predicted octanol–water partition coefficient (Wildman–Crippen LogP) is 2.23. The molecule has 2 N–H and O–H groups in total. The molecule has 2 aromatic rings. The first-order chi connectivity index (χ1) is 9.65. The second-order valence-electron chi connectivity index (χ2n) is 4.40. The Morgan fingerprint density at radius 2 is 1.90 bits per heavy atom. The van der Waals surface area contributed by atoms with Gasteiger partial charge in [-0.1, -0.05) is 18.2 Å². The van der Waals surface area contributed by atoms with Gasteiger partial charge in [-0.3, -0.25) is 9.59 Å². The van der Waals surface area contributed by atoms with E-state index >= 15 is 0 Å². The lowest BCUT2D eigenvalue weighted by Crippen LogP contribution is -2.27. The number of nitrogens with one attached hydrogen (secondary N) is 2. The van der Waals surface area contributed by atoms with Crippen molar-refractivity contribution < 1.29 is 14.0 Å². The minimum absolute atomic E-state index is 0.213. The second kappa shape index (κ2) is 6.56. The molecule has 0 atom stereocenters. The fourth-order valence-electron chi connectivity index (χ4n) is 1.71. The number of furan rings is 1. The molecule has 0 spiro atoms. The Morgan fingerprint density at radius 3 is 2.60 bits per heavy atom. The molecule has 0 saturated carbocycles. The van der Waals surface area contributed by atoms with Crippen molar-refractivity contribution in [3.8, 4) is 0 Å². The summed E-state index contributed by atoms with van der Waals surface area (Å²) in [7, 11) is 0. The number of amides is 2. The largest absolute Gasteiger partial charge is 0.467 e. The zero-order chi connectivity index (χ0) is 14.4. The average molecular weight is 272 g/mol. The van der Waals surface area contributed by atoms with E-state index in [9.17, 15) is 9.59 Å². The van der Waals surface area contributed by atoms with Crippen molar-refractivity contribution in [1.29, 1.82) is 0 Å². The molecular formula is C15H16N2O3. The number of aryl methyl sites for hydroxylation is 1. The van der Waals surface area contributed by atoms with Gasteiger partial charge in [0.05, 0.1) is 12.8 Å². The molecular weight excluding hydrogens is 256 g/mol. The van der Waals surface area contributed by atoms with Gasteiger partial charge in [0, 0.05) is 5.69 Å². The number of benzene rings is 1. The van der Waals surface area contributed by atoms with E-state index < -0.39 is 0 Å². The molecule has 1 heterocycles.